The minimum Gasteiger partial charge on any atom is -0.468 e. The number of para-hydroxylation sites is 1. The largest absolute Gasteiger partial charge is 0.468 e. The molecule has 1 N–H and O–H groups in total. The van der Waals surface area contributed by atoms with Crippen molar-refractivity contribution in [3.63, 3.8) is 0 Å². The molecule has 1 amide bonds. The van der Waals surface area contributed by atoms with E-state index in [0.717, 1.165) is 31.7 Å². The summed E-state index contributed by atoms with van der Waals surface area (Å²) in [7, 11) is -3.84. The smallest absolute Gasteiger partial charge is 0.264 e. The van der Waals surface area contributed by atoms with E-state index in [1.165, 1.54) is 16.8 Å². The molecule has 0 bridgehead atoms. The number of likely N-dealkylation sites (tertiary alicyclic amines) is 1. The summed E-state index contributed by atoms with van der Waals surface area (Å²) in [6.07, 6.45) is 5.11. The fraction of sp³-hybridized carbons (Fsp3) is 0.370. The summed E-state index contributed by atoms with van der Waals surface area (Å²) in [6.45, 7) is 6.12. The number of amides is 1. The lowest BCUT2D eigenvalue weighted by molar-refractivity contribution is 0.0914. The van der Waals surface area contributed by atoms with E-state index in [0.29, 0.717) is 23.4 Å². The third kappa shape index (κ3) is 5.60. The Labute approximate surface area is 207 Å². The van der Waals surface area contributed by atoms with Gasteiger partial charge in [0.25, 0.3) is 15.9 Å². The Morgan fingerprint density at radius 1 is 1.06 bits per heavy atom. The van der Waals surface area contributed by atoms with Crippen LogP contribution in [-0.4, -0.2) is 45.4 Å². The Hall–Kier alpha value is -3.10. The van der Waals surface area contributed by atoms with E-state index in [9.17, 15) is 13.2 Å². The van der Waals surface area contributed by atoms with Crippen molar-refractivity contribution in [1.29, 1.82) is 0 Å². The molecule has 4 rings (SSSR count). The summed E-state index contributed by atoms with van der Waals surface area (Å²) in [5.41, 5.74) is 1.50. The van der Waals surface area contributed by atoms with Crippen molar-refractivity contribution in [1.82, 2.24) is 10.2 Å². The van der Waals surface area contributed by atoms with Gasteiger partial charge in [-0.3, -0.25) is 14.0 Å². The first-order chi connectivity index (χ1) is 16.9. The second kappa shape index (κ2) is 11.1. The zero-order valence-electron chi connectivity index (χ0n) is 20.3. The molecule has 2 heterocycles. The highest BCUT2D eigenvalue weighted by Crippen LogP contribution is 2.27. The summed E-state index contributed by atoms with van der Waals surface area (Å²) in [6, 6.07) is 17.6. The van der Waals surface area contributed by atoms with Crippen molar-refractivity contribution >= 4 is 21.6 Å². The van der Waals surface area contributed by atoms with E-state index in [1.807, 2.05) is 30.3 Å². The van der Waals surface area contributed by atoms with Gasteiger partial charge in [0.1, 0.15) is 5.76 Å². The zero-order chi connectivity index (χ0) is 24.8. The topological polar surface area (TPSA) is 82.9 Å². The van der Waals surface area contributed by atoms with E-state index >= 15 is 0 Å². The maximum absolute atomic E-state index is 13.6. The average Bonchev–Trinajstić information content (AvgIpc) is 3.40. The summed E-state index contributed by atoms with van der Waals surface area (Å²) < 4.78 is 34.2. The molecule has 0 unspecified atom stereocenters. The number of furan rings is 1. The van der Waals surface area contributed by atoms with E-state index in [4.69, 9.17) is 4.42 Å². The van der Waals surface area contributed by atoms with Crippen molar-refractivity contribution in [2.45, 2.75) is 44.0 Å². The molecule has 8 heteroatoms. The van der Waals surface area contributed by atoms with E-state index in [-0.39, 0.29) is 23.4 Å². The number of hydrogen-bond acceptors (Lipinski definition) is 5. The van der Waals surface area contributed by atoms with E-state index < -0.39 is 10.0 Å². The quantitative estimate of drug-likeness (QED) is 0.463. The van der Waals surface area contributed by atoms with Gasteiger partial charge in [-0.25, -0.2) is 8.42 Å². The standard InChI is InChI=1S/C27H33N3O4S/c1-3-30(23-11-6-4-7-12-23)35(32,33)26-19-22(15-14-21(26)2)27(31)28-20-24(25-13-10-18-34-25)29-16-8-5-9-17-29/h4,6-7,10-15,18-19,24H,3,5,8-9,16-17,20H2,1-2H3,(H,28,31)/t24-/m0/s1. The molecule has 0 saturated carbocycles. The molecule has 0 radical (unpaired) electrons. The van der Waals surface area contributed by atoms with Crippen LogP contribution in [0.4, 0.5) is 5.69 Å². The molecular weight excluding hydrogens is 462 g/mol. The lowest BCUT2D eigenvalue weighted by Gasteiger charge is -2.33. The molecule has 1 aliphatic rings. The van der Waals surface area contributed by atoms with Crippen LogP contribution in [0.1, 0.15) is 53.9 Å². The molecule has 1 atom stereocenters. The van der Waals surface area contributed by atoms with Crippen LogP contribution in [0.2, 0.25) is 0 Å². The lowest BCUT2D eigenvalue weighted by atomic mass is 10.1. The number of nitrogens with one attached hydrogen (secondary N) is 1. The SMILES string of the molecule is CCN(c1ccccc1)S(=O)(=O)c1cc(C(=O)NC[C@@H](c2ccco2)N2CCCCC2)ccc1C. The molecule has 0 aliphatic carbocycles. The molecule has 2 aromatic carbocycles. The molecule has 1 aliphatic heterocycles. The Morgan fingerprint density at radius 3 is 2.46 bits per heavy atom. The molecule has 7 nitrogen and oxygen atoms in total. The van der Waals surface area contributed by atoms with Gasteiger partial charge in [0, 0.05) is 18.7 Å². The molecular formula is C27H33N3O4S. The normalized spacial score (nSPS) is 15.5. The fourth-order valence-corrected chi connectivity index (χ4v) is 6.36. The number of rotatable bonds is 9. The van der Waals surface area contributed by atoms with Crippen LogP contribution in [-0.2, 0) is 10.0 Å². The van der Waals surface area contributed by atoms with Gasteiger partial charge in [-0.15, -0.1) is 0 Å². The van der Waals surface area contributed by atoms with E-state index in [2.05, 4.69) is 10.2 Å². The third-order valence-electron chi connectivity index (χ3n) is 6.51. The van der Waals surface area contributed by atoms with Crippen LogP contribution in [0.5, 0.6) is 0 Å². The Bertz CT molecular complexity index is 1220. The van der Waals surface area contributed by atoms with Gasteiger partial charge in [-0.05, 0) is 81.7 Å². The van der Waals surface area contributed by atoms with Crippen molar-refractivity contribution in [3.8, 4) is 0 Å². The van der Waals surface area contributed by atoms with Gasteiger partial charge in [-0.2, -0.15) is 0 Å². The predicted octanol–water partition coefficient (Wildman–Crippen LogP) is 4.76. The van der Waals surface area contributed by atoms with Crippen LogP contribution in [0.15, 0.2) is 76.2 Å². The first-order valence-corrected chi connectivity index (χ1v) is 13.6. The Morgan fingerprint density at radius 2 is 1.80 bits per heavy atom. The molecule has 1 aromatic heterocycles. The number of carbonyl (C=O) groups excluding carboxylic acids is 1. The number of aryl methyl sites for hydroxylation is 1. The van der Waals surface area contributed by atoms with Gasteiger partial charge >= 0.3 is 0 Å². The number of piperidine rings is 1. The molecule has 3 aromatic rings. The molecule has 1 saturated heterocycles. The summed E-state index contributed by atoms with van der Waals surface area (Å²) in [5.74, 6) is 0.513. The van der Waals surface area contributed by atoms with Gasteiger partial charge in [-0.1, -0.05) is 30.7 Å². The lowest BCUT2D eigenvalue weighted by Crippen LogP contribution is -2.40. The fourth-order valence-electron chi connectivity index (χ4n) is 4.64. The molecule has 0 spiro atoms. The highest BCUT2D eigenvalue weighted by molar-refractivity contribution is 7.92. The summed E-state index contributed by atoms with van der Waals surface area (Å²) >= 11 is 0. The van der Waals surface area contributed by atoms with Crippen molar-refractivity contribution in [3.05, 3.63) is 83.8 Å². The zero-order valence-corrected chi connectivity index (χ0v) is 21.1. The van der Waals surface area contributed by atoms with Gasteiger partial charge < -0.3 is 9.73 Å². The van der Waals surface area contributed by atoms with Gasteiger partial charge in [0.05, 0.1) is 22.9 Å². The number of nitrogens with zero attached hydrogens (tertiary/aromatic N) is 2. The van der Waals surface area contributed by atoms with Crippen LogP contribution in [0, 0.1) is 6.92 Å². The second-order valence-electron chi connectivity index (χ2n) is 8.82. The number of benzene rings is 2. The number of hydrogen-bond donors (Lipinski definition) is 1. The maximum atomic E-state index is 13.6. The minimum atomic E-state index is -3.84. The first kappa shape index (κ1) is 25.0. The predicted molar refractivity (Wildman–Crippen MR) is 137 cm³/mol. The second-order valence-corrected chi connectivity index (χ2v) is 10.7. The Balaban J connectivity index is 1.55. The highest BCUT2D eigenvalue weighted by Gasteiger charge is 2.28. The number of sulfonamides is 1. The molecule has 1 fully saturated rings. The first-order valence-electron chi connectivity index (χ1n) is 12.2. The van der Waals surface area contributed by atoms with Crippen molar-refractivity contribution in [2.75, 3.05) is 30.5 Å². The monoisotopic (exact) mass is 495 g/mol. The molecule has 35 heavy (non-hydrogen) atoms. The summed E-state index contributed by atoms with van der Waals surface area (Å²) in [4.78, 5) is 15.6. The minimum absolute atomic E-state index is 0.0587. The van der Waals surface area contributed by atoms with E-state index in [1.54, 1.807) is 44.4 Å². The highest BCUT2D eigenvalue weighted by atomic mass is 32.2. The average molecular weight is 496 g/mol. The summed E-state index contributed by atoms with van der Waals surface area (Å²) in [5, 5.41) is 3.01. The van der Waals surface area contributed by atoms with Crippen molar-refractivity contribution in [2.24, 2.45) is 0 Å². The Kier molecular flexibility index (Phi) is 7.93. The van der Waals surface area contributed by atoms with Crippen LogP contribution in [0.25, 0.3) is 0 Å². The van der Waals surface area contributed by atoms with Crippen molar-refractivity contribution < 1.29 is 17.6 Å². The van der Waals surface area contributed by atoms with Crippen LogP contribution >= 0.6 is 0 Å². The van der Waals surface area contributed by atoms with Crippen LogP contribution in [0.3, 0.4) is 0 Å². The molecule has 186 valence electrons. The maximum Gasteiger partial charge on any atom is 0.264 e. The van der Waals surface area contributed by atoms with Crippen LogP contribution < -0.4 is 9.62 Å². The third-order valence-corrected chi connectivity index (χ3v) is 8.55. The van der Waals surface area contributed by atoms with Gasteiger partial charge in [0.2, 0.25) is 0 Å². The number of carbonyl (C=O) groups is 1. The van der Waals surface area contributed by atoms with Gasteiger partial charge in [0.15, 0.2) is 0 Å². The number of anilines is 1.